The highest BCUT2D eigenvalue weighted by atomic mass is 16.5. The fraction of sp³-hybridized carbons (Fsp3) is 0.368. The number of rotatable bonds is 5. The molecule has 3 heterocycles. The Morgan fingerprint density at radius 2 is 2.20 bits per heavy atom. The van der Waals surface area contributed by atoms with Gasteiger partial charge in [-0.1, -0.05) is 12.1 Å². The van der Waals surface area contributed by atoms with E-state index in [1.165, 1.54) is 0 Å². The van der Waals surface area contributed by atoms with Gasteiger partial charge in [-0.15, -0.1) is 0 Å². The first kappa shape index (κ1) is 15.9. The van der Waals surface area contributed by atoms with Crippen LogP contribution in [0.4, 0.5) is 5.82 Å². The predicted molar refractivity (Wildman–Crippen MR) is 97.2 cm³/mol. The average Bonchev–Trinajstić information content (AvgIpc) is 3.29. The molecule has 0 bridgehead atoms. The van der Waals surface area contributed by atoms with Crippen LogP contribution in [0.2, 0.25) is 0 Å². The highest BCUT2D eigenvalue weighted by molar-refractivity contribution is 5.71. The number of aryl methyl sites for hydroxylation is 1. The zero-order chi connectivity index (χ0) is 17.2. The van der Waals surface area contributed by atoms with Crippen LogP contribution in [0.5, 0.6) is 5.75 Å². The topological polar surface area (TPSA) is 60.7 Å². The van der Waals surface area contributed by atoms with Crippen molar-refractivity contribution in [2.24, 2.45) is 0 Å². The van der Waals surface area contributed by atoms with Gasteiger partial charge in [0.1, 0.15) is 11.6 Å². The van der Waals surface area contributed by atoms with Crippen molar-refractivity contribution in [1.82, 2.24) is 14.6 Å². The zero-order valence-corrected chi connectivity index (χ0v) is 14.5. The molecule has 1 aliphatic heterocycles. The van der Waals surface area contributed by atoms with E-state index in [-0.39, 0.29) is 6.10 Å². The fourth-order valence-corrected chi connectivity index (χ4v) is 3.24. The van der Waals surface area contributed by atoms with Gasteiger partial charge >= 0.3 is 0 Å². The van der Waals surface area contributed by atoms with E-state index in [0.29, 0.717) is 0 Å². The Bertz CT molecular complexity index is 884. The van der Waals surface area contributed by atoms with E-state index in [2.05, 4.69) is 10.3 Å². The SMILES string of the molecule is COc1ccccc1-c1cc2nc(C)cc(NC[C@H]3CCCO3)n2n1. The minimum atomic E-state index is 0.271. The molecule has 4 rings (SSSR count). The molecular weight excluding hydrogens is 316 g/mol. The molecule has 6 nitrogen and oxygen atoms in total. The molecule has 0 spiro atoms. The summed E-state index contributed by atoms with van der Waals surface area (Å²) in [6, 6.07) is 11.9. The lowest BCUT2D eigenvalue weighted by atomic mass is 10.1. The molecule has 1 aliphatic rings. The van der Waals surface area contributed by atoms with Gasteiger partial charge < -0.3 is 14.8 Å². The molecule has 0 amide bonds. The quantitative estimate of drug-likeness (QED) is 0.773. The summed E-state index contributed by atoms with van der Waals surface area (Å²) < 4.78 is 13.0. The number of fused-ring (bicyclic) bond motifs is 1. The molecule has 1 saturated heterocycles. The second kappa shape index (κ2) is 6.72. The Hall–Kier alpha value is -2.60. The van der Waals surface area contributed by atoms with E-state index in [4.69, 9.17) is 14.6 Å². The first-order valence-electron chi connectivity index (χ1n) is 8.61. The lowest BCUT2D eigenvalue weighted by Crippen LogP contribution is -2.20. The number of hydrogen-bond acceptors (Lipinski definition) is 5. The van der Waals surface area contributed by atoms with Crippen LogP contribution in [0, 0.1) is 6.92 Å². The number of methoxy groups -OCH3 is 1. The Labute approximate surface area is 146 Å². The maximum atomic E-state index is 5.70. The monoisotopic (exact) mass is 338 g/mol. The number of aromatic nitrogens is 3. The van der Waals surface area contributed by atoms with Crippen molar-refractivity contribution in [3.05, 3.63) is 42.1 Å². The summed E-state index contributed by atoms with van der Waals surface area (Å²) in [4.78, 5) is 4.61. The molecule has 25 heavy (non-hydrogen) atoms. The molecule has 3 aromatic rings. The van der Waals surface area contributed by atoms with Crippen LogP contribution in [0.1, 0.15) is 18.5 Å². The molecule has 2 aromatic heterocycles. The molecule has 0 aliphatic carbocycles. The number of hydrogen-bond donors (Lipinski definition) is 1. The molecule has 0 radical (unpaired) electrons. The smallest absolute Gasteiger partial charge is 0.158 e. The second-order valence-electron chi connectivity index (χ2n) is 6.30. The van der Waals surface area contributed by atoms with Crippen molar-refractivity contribution >= 4 is 11.5 Å². The van der Waals surface area contributed by atoms with Gasteiger partial charge in [-0.25, -0.2) is 4.98 Å². The van der Waals surface area contributed by atoms with Crippen molar-refractivity contribution in [3.63, 3.8) is 0 Å². The minimum absolute atomic E-state index is 0.271. The normalized spacial score (nSPS) is 17.1. The van der Waals surface area contributed by atoms with Gasteiger partial charge in [-0.2, -0.15) is 9.61 Å². The van der Waals surface area contributed by atoms with Crippen molar-refractivity contribution in [2.75, 3.05) is 25.6 Å². The maximum absolute atomic E-state index is 5.70. The van der Waals surface area contributed by atoms with Crippen molar-refractivity contribution < 1.29 is 9.47 Å². The molecule has 130 valence electrons. The Kier molecular flexibility index (Phi) is 4.28. The standard InChI is InChI=1S/C19H22N4O2/c1-13-10-18(20-12-14-6-5-9-25-14)23-19(21-13)11-16(22-23)15-7-3-4-8-17(15)24-2/h3-4,7-8,10-11,14,20H,5-6,9,12H2,1-2H3/t14-/m1/s1. The summed E-state index contributed by atoms with van der Waals surface area (Å²) >= 11 is 0. The third-order valence-electron chi connectivity index (χ3n) is 4.47. The Balaban J connectivity index is 1.70. The van der Waals surface area contributed by atoms with Crippen LogP contribution >= 0.6 is 0 Å². The van der Waals surface area contributed by atoms with Crippen molar-refractivity contribution in [1.29, 1.82) is 0 Å². The van der Waals surface area contributed by atoms with E-state index in [0.717, 1.165) is 60.2 Å². The van der Waals surface area contributed by atoms with Gasteiger partial charge in [-0.05, 0) is 31.9 Å². The van der Waals surface area contributed by atoms with Gasteiger partial charge in [0.15, 0.2) is 5.65 Å². The summed E-state index contributed by atoms with van der Waals surface area (Å²) in [5, 5.41) is 8.22. The lowest BCUT2D eigenvalue weighted by molar-refractivity contribution is 0.120. The molecular formula is C19H22N4O2. The molecule has 0 unspecified atom stereocenters. The van der Waals surface area contributed by atoms with Crippen LogP contribution in [-0.2, 0) is 4.74 Å². The van der Waals surface area contributed by atoms with Gasteiger partial charge in [-0.3, -0.25) is 0 Å². The third kappa shape index (κ3) is 3.17. The van der Waals surface area contributed by atoms with Crippen LogP contribution in [0.15, 0.2) is 36.4 Å². The highest BCUT2D eigenvalue weighted by Crippen LogP contribution is 2.29. The number of nitrogens with one attached hydrogen (secondary N) is 1. The molecule has 1 atom stereocenters. The summed E-state index contributed by atoms with van der Waals surface area (Å²) in [5.74, 6) is 1.73. The summed E-state index contributed by atoms with van der Waals surface area (Å²) in [7, 11) is 1.67. The molecule has 1 aromatic carbocycles. The van der Waals surface area contributed by atoms with E-state index >= 15 is 0 Å². The van der Waals surface area contributed by atoms with Gasteiger partial charge in [0, 0.05) is 36.5 Å². The third-order valence-corrected chi connectivity index (χ3v) is 4.47. The summed E-state index contributed by atoms with van der Waals surface area (Å²) in [6.07, 6.45) is 2.51. The number of anilines is 1. The molecule has 1 fully saturated rings. The predicted octanol–water partition coefficient (Wildman–Crippen LogP) is 3.30. The van der Waals surface area contributed by atoms with Crippen molar-refractivity contribution in [3.8, 4) is 17.0 Å². The van der Waals surface area contributed by atoms with Gasteiger partial charge in [0.2, 0.25) is 0 Å². The molecule has 0 saturated carbocycles. The number of benzene rings is 1. The number of para-hydroxylation sites is 1. The van der Waals surface area contributed by atoms with Crippen LogP contribution < -0.4 is 10.1 Å². The van der Waals surface area contributed by atoms with E-state index in [1.54, 1.807) is 7.11 Å². The number of nitrogens with zero attached hydrogens (tertiary/aromatic N) is 3. The Morgan fingerprint density at radius 3 is 3.00 bits per heavy atom. The van der Waals surface area contributed by atoms with Crippen LogP contribution in [0.3, 0.4) is 0 Å². The van der Waals surface area contributed by atoms with E-state index in [9.17, 15) is 0 Å². The first-order chi connectivity index (χ1) is 12.2. The number of ether oxygens (including phenoxy) is 2. The largest absolute Gasteiger partial charge is 0.496 e. The lowest BCUT2D eigenvalue weighted by Gasteiger charge is -2.13. The van der Waals surface area contributed by atoms with Crippen LogP contribution in [0.25, 0.3) is 16.9 Å². The highest BCUT2D eigenvalue weighted by Gasteiger charge is 2.17. The average molecular weight is 338 g/mol. The molecule has 1 N–H and O–H groups in total. The maximum Gasteiger partial charge on any atom is 0.158 e. The zero-order valence-electron chi connectivity index (χ0n) is 14.5. The summed E-state index contributed by atoms with van der Waals surface area (Å²) in [6.45, 7) is 3.63. The first-order valence-corrected chi connectivity index (χ1v) is 8.61. The second-order valence-corrected chi connectivity index (χ2v) is 6.30. The minimum Gasteiger partial charge on any atom is -0.496 e. The van der Waals surface area contributed by atoms with E-state index in [1.807, 2.05) is 47.8 Å². The van der Waals surface area contributed by atoms with Gasteiger partial charge in [0.05, 0.1) is 18.9 Å². The fourth-order valence-electron chi connectivity index (χ4n) is 3.24. The van der Waals surface area contributed by atoms with Gasteiger partial charge in [0.25, 0.3) is 0 Å². The molecule has 6 heteroatoms. The summed E-state index contributed by atoms with van der Waals surface area (Å²) in [5.41, 5.74) is 3.57. The van der Waals surface area contributed by atoms with Crippen LogP contribution in [-0.4, -0.2) is 41.0 Å². The van der Waals surface area contributed by atoms with E-state index < -0.39 is 0 Å². The Morgan fingerprint density at radius 1 is 1.32 bits per heavy atom. The van der Waals surface area contributed by atoms with Crippen molar-refractivity contribution in [2.45, 2.75) is 25.9 Å².